The van der Waals surface area contributed by atoms with Crippen LogP contribution < -0.4 is 10.7 Å². The molecule has 128 valence electrons. The molecule has 1 aliphatic carbocycles. The van der Waals surface area contributed by atoms with E-state index in [1.165, 1.54) is 0 Å². The highest BCUT2D eigenvalue weighted by Crippen LogP contribution is 2.30. The second kappa shape index (κ2) is 7.61. The zero-order valence-electron chi connectivity index (χ0n) is 13.8. The Labute approximate surface area is 154 Å². The number of hydrogen-bond donors (Lipinski definition) is 2. The first kappa shape index (κ1) is 17.4. The van der Waals surface area contributed by atoms with Gasteiger partial charge in [-0.25, -0.2) is 5.43 Å². The third kappa shape index (κ3) is 4.76. The van der Waals surface area contributed by atoms with E-state index in [0.29, 0.717) is 11.3 Å². The maximum absolute atomic E-state index is 12.1. The molecule has 5 nitrogen and oxygen atoms in total. The van der Waals surface area contributed by atoms with Crippen molar-refractivity contribution >= 4 is 39.1 Å². The summed E-state index contributed by atoms with van der Waals surface area (Å²) in [6.45, 7) is 1.81. The maximum atomic E-state index is 12.1. The Morgan fingerprint density at radius 2 is 1.80 bits per heavy atom. The van der Waals surface area contributed by atoms with Crippen molar-refractivity contribution in [2.24, 2.45) is 11.0 Å². The molecular formula is C19H18BrN3O2. The molecule has 0 heterocycles. The van der Waals surface area contributed by atoms with E-state index in [9.17, 15) is 9.59 Å². The first-order chi connectivity index (χ1) is 12.0. The largest absolute Gasteiger partial charge is 0.326 e. The van der Waals surface area contributed by atoms with Crippen molar-refractivity contribution in [3.05, 3.63) is 64.1 Å². The van der Waals surface area contributed by atoms with E-state index in [0.717, 1.165) is 28.6 Å². The lowest BCUT2D eigenvalue weighted by Gasteiger charge is -2.07. The van der Waals surface area contributed by atoms with E-state index in [2.05, 4.69) is 31.8 Å². The highest BCUT2D eigenvalue weighted by atomic mass is 79.9. The van der Waals surface area contributed by atoms with Gasteiger partial charge in [0.15, 0.2) is 0 Å². The first-order valence-electron chi connectivity index (χ1n) is 8.04. The number of hydrazone groups is 1. The quantitative estimate of drug-likeness (QED) is 0.590. The average molecular weight is 400 g/mol. The zero-order chi connectivity index (χ0) is 17.8. The van der Waals surface area contributed by atoms with E-state index in [-0.39, 0.29) is 17.7 Å². The number of anilines is 1. The lowest BCUT2D eigenvalue weighted by molar-refractivity contribution is -0.117. The van der Waals surface area contributed by atoms with E-state index in [1.807, 2.05) is 37.3 Å². The Morgan fingerprint density at radius 1 is 1.08 bits per heavy atom. The second-order valence-corrected chi connectivity index (χ2v) is 6.91. The van der Waals surface area contributed by atoms with Crippen LogP contribution in [0.15, 0.2) is 58.1 Å². The van der Waals surface area contributed by atoms with Crippen LogP contribution in [0, 0.1) is 5.92 Å². The molecule has 0 radical (unpaired) electrons. The summed E-state index contributed by atoms with van der Waals surface area (Å²) in [5.41, 5.74) is 5.31. The minimum atomic E-state index is -0.279. The van der Waals surface area contributed by atoms with Crippen molar-refractivity contribution in [1.29, 1.82) is 0 Å². The van der Waals surface area contributed by atoms with Crippen molar-refractivity contribution in [1.82, 2.24) is 5.43 Å². The molecule has 2 aromatic rings. The van der Waals surface area contributed by atoms with Gasteiger partial charge in [-0.05, 0) is 55.7 Å². The zero-order valence-corrected chi connectivity index (χ0v) is 15.3. The summed E-state index contributed by atoms with van der Waals surface area (Å²) < 4.78 is 0.833. The number of carbonyl (C=O) groups excluding carboxylic acids is 2. The fourth-order valence-electron chi connectivity index (χ4n) is 2.31. The van der Waals surface area contributed by atoms with Crippen LogP contribution in [-0.4, -0.2) is 17.5 Å². The summed E-state index contributed by atoms with van der Waals surface area (Å²) in [5.74, 6) is -0.0588. The van der Waals surface area contributed by atoms with Crippen molar-refractivity contribution in [2.75, 3.05) is 5.32 Å². The van der Waals surface area contributed by atoms with E-state index < -0.39 is 0 Å². The van der Waals surface area contributed by atoms with Gasteiger partial charge >= 0.3 is 0 Å². The van der Waals surface area contributed by atoms with E-state index >= 15 is 0 Å². The first-order valence-corrected chi connectivity index (χ1v) is 8.84. The number of nitrogens with one attached hydrogen (secondary N) is 2. The maximum Gasteiger partial charge on any atom is 0.271 e. The predicted molar refractivity (Wildman–Crippen MR) is 102 cm³/mol. The molecule has 0 aliphatic heterocycles. The molecule has 0 bridgehead atoms. The van der Waals surface area contributed by atoms with Gasteiger partial charge in [0.25, 0.3) is 5.91 Å². The Balaban J connectivity index is 1.67. The second-order valence-electron chi connectivity index (χ2n) is 5.99. The number of halogens is 1. The molecule has 3 rings (SSSR count). The van der Waals surface area contributed by atoms with E-state index in [1.54, 1.807) is 18.2 Å². The van der Waals surface area contributed by atoms with Crippen molar-refractivity contribution < 1.29 is 9.59 Å². The molecule has 0 unspecified atom stereocenters. The smallest absolute Gasteiger partial charge is 0.271 e. The van der Waals surface area contributed by atoms with Crippen LogP contribution in [0.3, 0.4) is 0 Å². The molecule has 1 fully saturated rings. The van der Waals surface area contributed by atoms with Crippen LogP contribution in [0.4, 0.5) is 5.69 Å². The molecule has 0 saturated heterocycles. The minimum Gasteiger partial charge on any atom is -0.326 e. The van der Waals surface area contributed by atoms with Crippen LogP contribution in [0.25, 0.3) is 0 Å². The number of carbonyl (C=O) groups is 2. The molecule has 0 aromatic heterocycles. The van der Waals surface area contributed by atoms with Gasteiger partial charge in [0.2, 0.25) is 5.91 Å². The molecule has 25 heavy (non-hydrogen) atoms. The third-order valence-electron chi connectivity index (χ3n) is 3.91. The van der Waals surface area contributed by atoms with Gasteiger partial charge in [0.05, 0.1) is 5.71 Å². The number of amides is 2. The molecule has 2 N–H and O–H groups in total. The Bertz CT molecular complexity index is 844. The molecule has 2 aromatic carbocycles. The number of hydrogen-bond acceptors (Lipinski definition) is 3. The molecule has 1 aliphatic rings. The third-order valence-corrected chi connectivity index (χ3v) is 4.40. The lowest BCUT2D eigenvalue weighted by atomic mass is 10.1. The molecule has 0 atom stereocenters. The summed E-state index contributed by atoms with van der Waals surface area (Å²) in [6, 6.07) is 14.5. The molecule has 0 spiro atoms. The summed E-state index contributed by atoms with van der Waals surface area (Å²) in [5, 5.41) is 7.07. The molecule has 2 amide bonds. The van der Waals surface area contributed by atoms with Gasteiger partial charge in [-0.2, -0.15) is 5.10 Å². The molecular weight excluding hydrogens is 382 g/mol. The van der Waals surface area contributed by atoms with E-state index in [4.69, 9.17) is 0 Å². The summed E-state index contributed by atoms with van der Waals surface area (Å²) in [6.07, 6.45) is 1.93. The Kier molecular flexibility index (Phi) is 5.28. The highest BCUT2D eigenvalue weighted by Gasteiger charge is 2.29. The van der Waals surface area contributed by atoms with Gasteiger partial charge < -0.3 is 5.32 Å². The fourth-order valence-corrected chi connectivity index (χ4v) is 2.70. The Hall–Kier alpha value is -2.47. The molecule has 1 saturated carbocycles. The SMILES string of the molecule is C/C(=N\NC(=O)c1cccc(Br)c1)c1cccc(NC(=O)C2CC2)c1. The minimum absolute atomic E-state index is 0.0645. The number of nitrogens with zero attached hydrogens (tertiary/aromatic N) is 1. The van der Waals surface area contributed by atoms with Crippen molar-refractivity contribution in [2.45, 2.75) is 19.8 Å². The van der Waals surface area contributed by atoms with Crippen LogP contribution in [0.5, 0.6) is 0 Å². The summed E-state index contributed by atoms with van der Waals surface area (Å²) >= 11 is 3.34. The van der Waals surface area contributed by atoms with Gasteiger partial charge in [-0.15, -0.1) is 0 Å². The van der Waals surface area contributed by atoms with Crippen LogP contribution in [0.2, 0.25) is 0 Å². The van der Waals surface area contributed by atoms with Gasteiger partial charge in [-0.3, -0.25) is 9.59 Å². The van der Waals surface area contributed by atoms with Gasteiger partial charge in [0.1, 0.15) is 0 Å². The molecule has 6 heteroatoms. The highest BCUT2D eigenvalue weighted by molar-refractivity contribution is 9.10. The van der Waals surface area contributed by atoms with Crippen molar-refractivity contribution in [3.8, 4) is 0 Å². The van der Waals surface area contributed by atoms with Gasteiger partial charge in [0, 0.05) is 21.6 Å². The fraction of sp³-hybridized carbons (Fsp3) is 0.211. The lowest BCUT2D eigenvalue weighted by Crippen LogP contribution is -2.19. The standard InChI is InChI=1S/C19H18BrN3O2/c1-12(22-23-19(25)15-5-2-6-16(20)10-15)14-4-3-7-17(11-14)21-18(24)13-8-9-13/h2-7,10-11,13H,8-9H2,1H3,(H,21,24)(H,23,25)/b22-12+. The Morgan fingerprint density at radius 3 is 2.52 bits per heavy atom. The topological polar surface area (TPSA) is 70.6 Å². The van der Waals surface area contributed by atoms with Crippen LogP contribution >= 0.6 is 15.9 Å². The number of benzene rings is 2. The van der Waals surface area contributed by atoms with Gasteiger partial charge in [-0.1, -0.05) is 34.1 Å². The summed E-state index contributed by atoms with van der Waals surface area (Å²) in [4.78, 5) is 24.0. The van der Waals surface area contributed by atoms with Crippen LogP contribution in [0.1, 0.15) is 35.7 Å². The van der Waals surface area contributed by atoms with Crippen LogP contribution in [-0.2, 0) is 4.79 Å². The monoisotopic (exact) mass is 399 g/mol. The van der Waals surface area contributed by atoms with Crippen molar-refractivity contribution in [3.63, 3.8) is 0 Å². The predicted octanol–water partition coefficient (Wildman–Crippen LogP) is 3.95. The number of rotatable bonds is 5. The average Bonchev–Trinajstić information content (AvgIpc) is 3.44. The summed E-state index contributed by atoms with van der Waals surface area (Å²) in [7, 11) is 0. The normalized spacial score (nSPS) is 14.1.